The molecule has 0 radical (unpaired) electrons. The summed E-state index contributed by atoms with van der Waals surface area (Å²) in [6, 6.07) is 26.6. The van der Waals surface area contributed by atoms with Crippen molar-refractivity contribution in [2.75, 3.05) is 19.5 Å². The molecule has 0 aliphatic rings. The summed E-state index contributed by atoms with van der Waals surface area (Å²) in [5, 5.41) is 4.37. The standard InChI is InChI=1S/C25H24N2O2S/c1-28-20-13-14-22(29-2)21(16-20)24-23(15-18-9-5-3-6-10-18)30-25(27-24)26-17-19-11-7-4-8-12-19/h3-14,16H,15,17H2,1-2H3,(H,26,27). The third-order valence-corrected chi connectivity index (χ3v) is 5.87. The van der Waals surface area contributed by atoms with Gasteiger partial charge in [0.25, 0.3) is 0 Å². The minimum atomic E-state index is 0.730. The van der Waals surface area contributed by atoms with Gasteiger partial charge in [-0.1, -0.05) is 60.7 Å². The molecule has 0 bridgehead atoms. The van der Waals surface area contributed by atoms with Gasteiger partial charge in [0.05, 0.1) is 19.9 Å². The van der Waals surface area contributed by atoms with Crippen molar-refractivity contribution < 1.29 is 9.47 Å². The van der Waals surface area contributed by atoms with Crippen LogP contribution in [0, 0.1) is 0 Å². The molecule has 0 aliphatic carbocycles. The number of aromatic nitrogens is 1. The van der Waals surface area contributed by atoms with Crippen LogP contribution in [0.15, 0.2) is 78.9 Å². The Labute approximate surface area is 181 Å². The zero-order valence-corrected chi connectivity index (χ0v) is 17.9. The Hall–Kier alpha value is -3.31. The molecule has 4 aromatic rings. The van der Waals surface area contributed by atoms with Gasteiger partial charge in [-0.15, -0.1) is 11.3 Å². The first-order valence-electron chi connectivity index (χ1n) is 9.80. The number of thiazole rings is 1. The van der Waals surface area contributed by atoms with E-state index in [1.54, 1.807) is 25.6 Å². The number of ether oxygens (including phenoxy) is 2. The average Bonchev–Trinajstić information content (AvgIpc) is 3.21. The van der Waals surface area contributed by atoms with Gasteiger partial charge in [0.1, 0.15) is 11.5 Å². The van der Waals surface area contributed by atoms with Gasteiger partial charge in [-0.05, 0) is 29.3 Å². The van der Waals surface area contributed by atoms with Crippen molar-refractivity contribution in [3.8, 4) is 22.8 Å². The molecule has 1 N–H and O–H groups in total. The number of nitrogens with zero attached hydrogens (tertiary/aromatic N) is 1. The number of hydrogen-bond donors (Lipinski definition) is 1. The molecule has 0 spiro atoms. The van der Waals surface area contributed by atoms with E-state index >= 15 is 0 Å². The van der Waals surface area contributed by atoms with E-state index in [-0.39, 0.29) is 0 Å². The Morgan fingerprint density at radius 2 is 1.53 bits per heavy atom. The lowest BCUT2D eigenvalue weighted by Crippen LogP contribution is -1.98. The first-order chi connectivity index (χ1) is 14.8. The number of benzene rings is 3. The third kappa shape index (κ3) is 4.63. The van der Waals surface area contributed by atoms with Gasteiger partial charge < -0.3 is 14.8 Å². The van der Waals surface area contributed by atoms with Crippen LogP contribution in [0.3, 0.4) is 0 Å². The molecule has 3 aromatic carbocycles. The predicted octanol–water partition coefficient (Wildman–Crippen LogP) is 6.03. The number of anilines is 1. The maximum absolute atomic E-state index is 5.63. The fraction of sp³-hybridized carbons (Fsp3) is 0.160. The van der Waals surface area contributed by atoms with E-state index in [0.29, 0.717) is 0 Å². The number of nitrogens with one attached hydrogen (secondary N) is 1. The molecule has 30 heavy (non-hydrogen) atoms. The molecule has 0 amide bonds. The lowest BCUT2D eigenvalue weighted by atomic mass is 10.1. The second-order valence-corrected chi connectivity index (χ2v) is 7.94. The van der Waals surface area contributed by atoms with E-state index in [1.807, 2.05) is 42.5 Å². The van der Waals surface area contributed by atoms with Gasteiger partial charge in [-0.25, -0.2) is 4.98 Å². The highest BCUT2D eigenvalue weighted by molar-refractivity contribution is 7.16. The normalized spacial score (nSPS) is 10.6. The second kappa shape index (κ2) is 9.46. The van der Waals surface area contributed by atoms with E-state index in [2.05, 4.69) is 41.7 Å². The molecule has 1 heterocycles. The monoisotopic (exact) mass is 416 g/mol. The molecule has 152 valence electrons. The van der Waals surface area contributed by atoms with Crippen LogP contribution in [0.2, 0.25) is 0 Å². The fourth-order valence-electron chi connectivity index (χ4n) is 3.31. The van der Waals surface area contributed by atoms with Crippen molar-refractivity contribution >= 4 is 16.5 Å². The third-order valence-electron chi connectivity index (χ3n) is 4.85. The van der Waals surface area contributed by atoms with E-state index in [1.165, 1.54) is 16.0 Å². The Balaban J connectivity index is 1.71. The van der Waals surface area contributed by atoms with Crippen molar-refractivity contribution in [1.82, 2.24) is 4.98 Å². The van der Waals surface area contributed by atoms with E-state index in [4.69, 9.17) is 14.5 Å². The first-order valence-corrected chi connectivity index (χ1v) is 10.6. The number of hydrogen-bond acceptors (Lipinski definition) is 5. The summed E-state index contributed by atoms with van der Waals surface area (Å²) in [4.78, 5) is 6.13. The summed E-state index contributed by atoms with van der Waals surface area (Å²) in [5.74, 6) is 1.56. The smallest absolute Gasteiger partial charge is 0.183 e. The van der Waals surface area contributed by atoms with Gasteiger partial charge in [-0.2, -0.15) is 0 Å². The summed E-state index contributed by atoms with van der Waals surface area (Å²) >= 11 is 1.68. The van der Waals surface area contributed by atoms with Crippen LogP contribution in [0.5, 0.6) is 11.5 Å². The van der Waals surface area contributed by atoms with Crippen LogP contribution in [-0.2, 0) is 13.0 Å². The van der Waals surface area contributed by atoms with Gasteiger partial charge >= 0.3 is 0 Å². The van der Waals surface area contributed by atoms with Gasteiger partial charge in [0.2, 0.25) is 0 Å². The van der Waals surface area contributed by atoms with Gasteiger partial charge in [0.15, 0.2) is 5.13 Å². The van der Waals surface area contributed by atoms with Crippen LogP contribution in [0.4, 0.5) is 5.13 Å². The molecular formula is C25H24N2O2S. The summed E-state index contributed by atoms with van der Waals surface area (Å²) in [5.41, 5.74) is 4.33. The molecular weight excluding hydrogens is 392 g/mol. The van der Waals surface area contributed by atoms with Gasteiger partial charge in [0, 0.05) is 23.4 Å². The van der Waals surface area contributed by atoms with Crippen molar-refractivity contribution in [3.05, 3.63) is 94.9 Å². The Morgan fingerprint density at radius 1 is 0.833 bits per heavy atom. The van der Waals surface area contributed by atoms with Crippen molar-refractivity contribution in [3.63, 3.8) is 0 Å². The van der Waals surface area contributed by atoms with Crippen molar-refractivity contribution in [2.24, 2.45) is 0 Å². The molecule has 0 fully saturated rings. The van der Waals surface area contributed by atoms with Gasteiger partial charge in [-0.3, -0.25) is 0 Å². The molecule has 0 unspecified atom stereocenters. The van der Waals surface area contributed by atoms with E-state index < -0.39 is 0 Å². The lowest BCUT2D eigenvalue weighted by Gasteiger charge is -2.10. The predicted molar refractivity (Wildman–Crippen MR) is 124 cm³/mol. The van der Waals surface area contributed by atoms with Crippen molar-refractivity contribution in [2.45, 2.75) is 13.0 Å². The molecule has 0 saturated carbocycles. The minimum absolute atomic E-state index is 0.730. The molecule has 5 heteroatoms. The maximum Gasteiger partial charge on any atom is 0.183 e. The summed E-state index contributed by atoms with van der Waals surface area (Å²) in [7, 11) is 3.35. The zero-order chi connectivity index (χ0) is 20.8. The highest BCUT2D eigenvalue weighted by Crippen LogP contribution is 2.39. The number of rotatable bonds is 8. The largest absolute Gasteiger partial charge is 0.497 e. The SMILES string of the molecule is COc1ccc(OC)c(-c2nc(NCc3ccccc3)sc2Cc2ccccc2)c1. The van der Waals surface area contributed by atoms with Crippen LogP contribution in [0.25, 0.3) is 11.3 Å². The van der Waals surface area contributed by atoms with Crippen LogP contribution in [-0.4, -0.2) is 19.2 Å². The van der Waals surface area contributed by atoms with Crippen LogP contribution < -0.4 is 14.8 Å². The average molecular weight is 417 g/mol. The van der Waals surface area contributed by atoms with E-state index in [9.17, 15) is 0 Å². The van der Waals surface area contributed by atoms with Crippen molar-refractivity contribution in [1.29, 1.82) is 0 Å². The minimum Gasteiger partial charge on any atom is -0.497 e. The summed E-state index contributed by atoms with van der Waals surface area (Å²) in [6.07, 6.45) is 0.807. The first kappa shape index (κ1) is 20.0. The van der Waals surface area contributed by atoms with Crippen LogP contribution in [0.1, 0.15) is 16.0 Å². The fourth-order valence-corrected chi connectivity index (χ4v) is 4.32. The summed E-state index contributed by atoms with van der Waals surface area (Å²) < 4.78 is 11.1. The summed E-state index contributed by atoms with van der Waals surface area (Å²) in [6.45, 7) is 0.730. The molecule has 0 atom stereocenters. The molecule has 4 nitrogen and oxygen atoms in total. The van der Waals surface area contributed by atoms with Crippen LogP contribution >= 0.6 is 11.3 Å². The topological polar surface area (TPSA) is 43.4 Å². The highest BCUT2D eigenvalue weighted by atomic mass is 32.1. The van der Waals surface area contributed by atoms with E-state index in [0.717, 1.165) is 40.9 Å². The Bertz CT molecular complexity index is 1090. The highest BCUT2D eigenvalue weighted by Gasteiger charge is 2.18. The quantitative estimate of drug-likeness (QED) is 0.381. The zero-order valence-electron chi connectivity index (χ0n) is 17.1. The second-order valence-electron chi connectivity index (χ2n) is 6.86. The number of methoxy groups -OCH3 is 2. The molecule has 0 saturated heterocycles. The Kier molecular flexibility index (Phi) is 6.30. The maximum atomic E-state index is 5.63. The molecule has 0 aliphatic heterocycles. The Morgan fingerprint density at radius 3 is 2.20 bits per heavy atom. The molecule has 1 aromatic heterocycles. The molecule has 4 rings (SSSR count). The lowest BCUT2D eigenvalue weighted by molar-refractivity contribution is 0.404.